The lowest BCUT2D eigenvalue weighted by molar-refractivity contribution is -0.156. The SMILES string of the molecule is CCCCCCCCCC(=O)N[C@@H](Cc1c[nH]c2ccccc12)C(=O)N[C@@H](CC(N)=O)C(=O)N[C@@H](CCO)C(=O)N[C@@H]1C(=O)NCC(=O)N[C@@H](CCCNCc2cccc(F)c2)C(=O)N[C@@H](CC(=O)O)C(=O)N[C@H](C)C(=O)N[C@@H](CC(=O)O)C(=O)NCC(=O)N[C@H](CO)C(=O)N[C@@H]([C@H](C)CC(=O)O)C(=O)N[C@@H](CC(=O)c2ccccc2N)C(=O)O[C@@H]1C. The number of rotatable bonds is 38. The number of primary amides is 1. The smallest absolute Gasteiger partial charge is 0.329 e. The first-order valence-corrected chi connectivity index (χ1v) is 39.5. The van der Waals surface area contributed by atoms with E-state index in [-0.39, 0.29) is 43.6 Å². The van der Waals surface area contributed by atoms with Crippen LogP contribution in [0, 0.1) is 11.7 Å². The Kier molecular flexibility index (Phi) is 41.4. The number of aromatic amines is 1. The van der Waals surface area contributed by atoms with Crippen molar-refractivity contribution in [1.82, 2.24) is 79.4 Å². The van der Waals surface area contributed by atoms with Crippen LogP contribution in [0.15, 0.2) is 79.0 Å². The molecule has 1 saturated heterocycles. The molecule has 5 rings (SSSR count). The van der Waals surface area contributed by atoms with Crippen molar-refractivity contribution in [3.8, 4) is 0 Å². The Labute approximate surface area is 699 Å². The third kappa shape index (κ3) is 34.0. The number of carbonyl (C=O) groups excluding carboxylic acids is 16. The van der Waals surface area contributed by atoms with Crippen molar-refractivity contribution in [1.29, 1.82) is 0 Å². The van der Waals surface area contributed by atoms with Gasteiger partial charge in [0.1, 0.15) is 78.4 Å². The molecular formula is C79H108FN17O25. The maximum Gasteiger partial charge on any atom is 0.329 e. The average Bonchev–Trinajstić information content (AvgIpc) is 1.61. The fourth-order valence-electron chi connectivity index (χ4n) is 12.7. The van der Waals surface area contributed by atoms with Crippen molar-refractivity contribution in [2.45, 2.75) is 216 Å². The van der Waals surface area contributed by atoms with E-state index in [9.17, 15) is 121 Å². The van der Waals surface area contributed by atoms with Crippen LogP contribution in [0.2, 0.25) is 0 Å². The van der Waals surface area contributed by atoms with Gasteiger partial charge >= 0.3 is 23.9 Å². The molecule has 122 heavy (non-hydrogen) atoms. The van der Waals surface area contributed by atoms with E-state index >= 15 is 0 Å². The van der Waals surface area contributed by atoms with Crippen molar-refractivity contribution in [3.05, 3.63) is 102 Å². The van der Waals surface area contributed by atoms with Crippen LogP contribution in [0.4, 0.5) is 10.1 Å². The molecule has 42 nitrogen and oxygen atoms in total. The predicted octanol–water partition coefficient (Wildman–Crippen LogP) is -3.74. The summed E-state index contributed by atoms with van der Waals surface area (Å²) in [4.78, 5) is 266. The van der Waals surface area contributed by atoms with E-state index in [1.54, 1.807) is 36.5 Å². The fraction of sp³-hybridized carbons (Fsp3) is 0.506. The number of nitrogens with two attached hydrogens (primary N) is 2. The number of carboxylic acid groups (broad SMARTS) is 3. The van der Waals surface area contributed by atoms with Crippen molar-refractivity contribution in [2.24, 2.45) is 11.7 Å². The van der Waals surface area contributed by atoms with Gasteiger partial charge in [-0.3, -0.25) is 86.3 Å². The largest absolute Gasteiger partial charge is 0.481 e. The molecular weight excluding hydrogens is 1610 g/mol. The zero-order valence-electron chi connectivity index (χ0n) is 67.7. The van der Waals surface area contributed by atoms with Gasteiger partial charge in [0.15, 0.2) is 5.78 Å². The normalized spacial score (nSPS) is 20.7. The fourth-order valence-corrected chi connectivity index (χ4v) is 12.7. The maximum absolute atomic E-state index is 15.0. The molecule has 0 radical (unpaired) electrons. The van der Waals surface area contributed by atoms with Gasteiger partial charge in [-0.2, -0.15) is 0 Å². The van der Waals surface area contributed by atoms with Crippen LogP contribution in [0.25, 0.3) is 10.9 Å². The molecule has 1 aliphatic heterocycles. The number of unbranched alkanes of at least 4 members (excludes halogenated alkanes) is 6. The minimum atomic E-state index is -2.36. The number of esters is 1. The highest BCUT2D eigenvalue weighted by Crippen LogP contribution is 2.22. The van der Waals surface area contributed by atoms with Gasteiger partial charge in [-0.25, -0.2) is 9.18 Å². The predicted molar refractivity (Wildman–Crippen MR) is 429 cm³/mol. The third-order valence-corrected chi connectivity index (χ3v) is 19.3. The number of anilines is 1. The molecule has 0 saturated carbocycles. The van der Waals surface area contributed by atoms with Crippen LogP contribution >= 0.6 is 0 Å². The first kappa shape index (κ1) is 99.5. The van der Waals surface area contributed by atoms with Crippen molar-refractivity contribution < 1.29 is 126 Å². The van der Waals surface area contributed by atoms with E-state index in [4.69, 9.17) is 16.2 Å². The molecule has 1 aromatic heterocycles. The number of aliphatic hydroxyl groups is 2. The molecule has 2 heterocycles. The Morgan fingerprint density at radius 2 is 1.17 bits per heavy atom. The number of Topliss-reactive ketones (excluding diaryl/α,β-unsaturated/α-hetero) is 1. The second-order valence-electron chi connectivity index (χ2n) is 29.2. The second-order valence-corrected chi connectivity index (χ2v) is 29.2. The number of nitrogen functional groups attached to an aromatic ring is 1. The molecule has 24 N–H and O–H groups in total. The molecule has 1 aliphatic rings. The molecule has 1 fully saturated rings. The van der Waals surface area contributed by atoms with Gasteiger partial charge in [0, 0.05) is 60.8 Å². The summed E-state index contributed by atoms with van der Waals surface area (Å²) in [5, 5.41) is 83.1. The second kappa shape index (κ2) is 50.8. The average molecular weight is 1710 g/mol. The number of carbonyl (C=O) groups is 19. The minimum Gasteiger partial charge on any atom is -0.481 e. The molecule has 0 unspecified atom stereocenters. The van der Waals surface area contributed by atoms with E-state index in [1.807, 2.05) is 16.0 Å². The highest BCUT2D eigenvalue weighted by molar-refractivity contribution is 6.05. The standard InChI is InChI=1S/C79H108FN17O25/c1-5-6-7-8-9-10-11-25-61(102)89-53(31-45-37-84-50-23-15-13-20-47(45)50)74(116)93-54(33-60(82)101)75(117)91-52(26-28-98)72(114)97-68-43(4)122-79(121)57(32-59(100)48-21-12-14-22-49(48)81)95-78(120)67(41(2)29-64(105)106)96-76(118)58(40-99)90-63(104)38-85-70(112)55(34-65(107)108)92-69(111)42(3)87-73(115)56(35-66(109)110)94-71(113)51(88-62(103)39-86-77(68)119)24-17-27-83-36-44-18-16-19-46(80)30-44/h12-16,18-23,30,37,41-43,51-58,67-68,83-84,98-99H,5-11,17,24-29,31-36,38-40,81H2,1-4H3,(H2,82,101)(H,85,112)(H,86,119)(H,87,115)(H,88,103)(H,89,102)(H,90,104)(H,91,117)(H,92,111)(H,93,116)(H,94,113)(H,95,120)(H,96,118)(H,97,114)(H,105,106)(H,107,108)(H,109,110)/t41-,42-,43-,51+,52+,53+,54+,55+,56+,57+,58-,67+,68+/m1/s1. The summed E-state index contributed by atoms with van der Waals surface area (Å²) in [6.07, 6.45) is -1.31. The number of para-hydroxylation sites is 2. The Morgan fingerprint density at radius 3 is 1.81 bits per heavy atom. The lowest BCUT2D eigenvalue weighted by Crippen LogP contribution is -2.61. The zero-order valence-corrected chi connectivity index (χ0v) is 67.7. The molecule has 13 atom stereocenters. The number of carboxylic acids is 3. The quantitative estimate of drug-likeness (QED) is 0.00887. The number of hydrogen-bond acceptors (Lipinski definition) is 24. The number of benzene rings is 3. The Hall–Kier alpha value is -13.1. The summed E-state index contributed by atoms with van der Waals surface area (Å²) in [7, 11) is 0. The van der Waals surface area contributed by atoms with Gasteiger partial charge in [-0.05, 0) is 93.5 Å². The molecule has 3 aromatic carbocycles. The number of ether oxygens (including phenoxy) is 1. The summed E-state index contributed by atoms with van der Waals surface area (Å²) in [5.74, 6) is -27.7. The number of H-pyrrole nitrogens is 1. The van der Waals surface area contributed by atoms with Crippen molar-refractivity contribution in [2.75, 3.05) is 38.6 Å². The molecule has 0 bridgehead atoms. The number of halogens is 1. The van der Waals surface area contributed by atoms with Gasteiger partial charge < -0.3 is 121 Å². The Morgan fingerprint density at radius 1 is 0.582 bits per heavy atom. The van der Waals surface area contributed by atoms with Crippen LogP contribution in [0.3, 0.4) is 0 Å². The Bertz CT molecular complexity index is 4390. The van der Waals surface area contributed by atoms with E-state index < -0.39 is 268 Å². The maximum atomic E-state index is 15.0. The molecule has 14 amide bonds. The van der Waals surface area contributed by atoms with Gasteiger partial charge in [0.25, 0.3) is 0 Å². The van der Waals surface area contributed by atoms with Crippen LogP contribution in [-0.2, 0) is 104 Å². The highest BCUT2D eigenvalue weighted by atomic mass is 19.1. The van der Waals surface area contributed by atoms with Gasteiger partial charge in [0.2, 0.25) is 82.7 Å². The number of nitrogens with one attached hydrogen (secondary N) is 15. The van der Waals surface area contributed by atoms with Crippen molar-refractivity contribution in [3.63, 3.8) is 0 Å². The van der Waals surface area contributed by atoms with Crippen LogP contribution < -0.4 is 85.9 Å². The van der Waals surface area contributed by atoms with Crippen LogP contribution in [0.5, 0.6) is 0 Å². The minimum absolute atomic E-state index is 0.00635. The van der Waals surface area contributed by atoms with Gasteiger partial charge in [-0.1, -0.05) is 94.8 Å². The topological polar surface area (TPSA) is 671 Å². The molecule has 4 aromatic rings. The van der Waals surface area contributed by atoms with Crippen LogP contribution in [-0.4, -0.2) is 248 Å². The lowest BCUT2D eigenvalue weighted by Gasteiger charge is -2.30. The summed E-state index contributed by atoms with van der Waals surface area (Å²) in [6.45, 7) is 0.535. The van der Waals surface area contributed by atoms with Gasteiger partial charge in [0.05, 0.1) is 45.4 Å². The van der Waals surface area contributed by atoms with Gasteiger partial charge in [-0.15, -0.1) is 0 Å². The number of cyclic esters (lactones) is 1. The van der Waals surface area contributed by atoms with E-state index in [0.29, 0.717) is 34.9 Å². The number of aromatic nitrogens is 1. The summed E-state index contributed by atoms with van der Waals surface area (Å²) in [5.41, 5.74) is 13.0. The molecule has 0 spiro atoms. The number of ketones is 1. The van der Waals surface area contributed by atoms with Crippen LogP contribution in [0.1, 0.15) is 152 Å². The lowest BCUT2D eigenvalue weighted by atomic mass is 9.96. The summed E-state index contributed by atoms with van der Waals surface area (Å²) >= 11 is 0. The highest BCUT2D eigenvalue weighted by Gasteiger charge is 2.41. The van der Waals surface area contributed by atoms with E-state index in [2.05, 4.69) is 70.4 Å². The number of aliphatic hydroxyl groups excluding tert-OH is 2. The first-order valence-electron chi connectivity index (χ1n) is 39.5. The number of hydrogen-bond donors (Lipinski definition) is 22. The first-order chi connectivity index (χ1) is 57.9. The number of amides is 14. The van der Waals surface area contributed by atoms with E-state index in [0.717, 1.165) is 52.9 Å². The van der Waals surface area contributed by atoms with Crippen molar-refractivity contribution >= 4 is 129 Å². The number of aliphatic carboxylic acids is 3. The zero-order chi connectivity index (χ0) is 90.3. The monoisotopic (exact) mass is 1710 g/mol. The molecule has 43 heteroatoms. The Balaban J connectivity index is 1.61. The molecule has 0 aliphatic carbocycles. The number of fused-ring (bicyclic) bond motifs is 1. The molecule has 666 valence electrons. The summed E-state index contributed by atoms with van der Waals surface area (Å²) in [6, 6.07) is -4.37. The third-order valence-electron chi connectivity index (χ3n) is 19.3. The van der Waals surface area contributed by atoms with E-state index in [1.165, 1.54) is 42.5 Å². The summed E-state index contributed by atoms with van der Waals surface area (Å²) < 4.78 is 19.9.